The Morgan fingerprint density at radius 1 is 0.174 bits per heavy atom. The summed E-state index contributed by atoms with van der Waals surface area (Å²) in [6, 6.07) is 63.0. The minimum atomic E-state index is 1.24. The Kier molecular flexibility index (Phi) is 5.38. The van der Waals surface area contributed by atoms with E-state index in [2.05, 4.69) is 170 Å². The van der Waals surface area contributed by atoms with E-state index in [-0.39, 0.29) is 0 Å². The van der Waals surface area contributed by atoms with Crippen LogP contribution in [0, 0.1) is 0 Å². The van der Waals surface area contributed by atoms with Gasteiger partial charge < -0.3 is 0 Å². The number of rotatable bonds is 2. The zero-order valence-corrected chi connectivity index (χ0v) is 25.2. The van der Waals surface area contributed by atoms with E-state index in [1.54, 1.807) is 0 Å². The number of benzene rings is 10. The molecule has 0 atom stereocenters. The fourth-order valence-corrected chi connectivity index (χ4v) is 7.68. The molecule has 0 bridgehead atoms. The Bertz CT molecular complexity index is 2820. The zero-order chi connectivity index (χ0) is 30.2. The van der Waals surface area contributed by atoms with Crippen molar-refractivity contribution in [1.82, 2.24) is 0 Å². The van der Waals surface area contributed by atoms with Gasteiger partial charge >= 0.3 is 0 Å². The quantitative estimate of drug-likeness (QED) is 0.178. The van der Waals surface area contributed by atoms with Gasteiger partial charge in [-0.15, -0.1) is 0 Å². The molecule has 0 amide bonds. The lowest BCUT2D eigenvalue weighted by Gasteiger charge is -2.13. The molecule has 0 aromatic heterocycles. The summed E-state index contributed by atoms with van der Waals surface area (Å²) in [5.41, 5.74) is 4.98. The Hall–Kier alpha value is -5.98. The van der Waals surface area contributed by atoms with Crippen molar-refractivity contribution >= 4 is 75.4 Å². The largest absolute Gasteiger partial charge is 0.0616 e. The Morgan fingerprint density at radius 2 is 0.500 bits per heavy atom. The molecule has 0 aliphatic carbocycles. The van der Waals surface area contributed by atoms with Crippen LogP contribution in [-0.4, -0.2) is 0 Å². The minimum absolute atomic E-state index is 1.24. The van der Waals surface area contributed by atoms with Crippen LogP contribution in [0.5, 0.6) is 0 Å². The van der Waals surface area contributed by atoms with Crippen molar-refractivity contribution in [2.24, 2.45) is 0 Å². The molecule has 212 valence electrons. The highest BCUT2D eigenvalue weighted by Gasteiger charge is 2.12. The van der Waals surface area contributed by atoms with Gasteiger partial charge in [-0.1, -0.05) is 146 Å². The van der Waals surface area contributed by atoms with Crippen molar-refractivity contribution in [3.63, 3.8) is 0 Å². The topological polar surface area (TPSA) is 0 Å². The van der Waals surface area contributed by atoms with Gasteiger partial charge in [-0.25, -0.2) is 0 Å². The van der Waals surface area contributed by atoms with Gasteiger partial charge in [0.1, 0.15) is 0 Å². The summed E-state index contributed by atoms with van der Waals surface area (Å²) in [5, 5.41) is 18.1. The average molecular weight is 581 g/mol. The van der Waals surface area contributed by atoms with Crippen molar-refractivity contribution < 1.29 is 0 Å². The number of fused-ring (bicyclic) bond motifs is 12. The molecule has 0 nitrogen and oxygen atoms in total. The molecular formula is C46H28. The van der Waals surface area contributed by atoms with E-state index in [0.717, 1.165) is 0 Å². The van der Waals surface area contributed by atoms with E-state index in [1.165, 1.54) is 97.7 Å². The van der Waals surface area contributed by atoms with Gasteiger partial charge in [-0.3, -0.25) is 0 Å². The Balaban J connectivity index is 1.16. The molecule has 0 aliphatic heterocycles. The highest BCUT2D eigenvalue weighted by atomic mass is 14.2. The summed E-state index contributed by atoms with van der Waals surface area (Å²) in [7, 11) is 0. The van der Waals surface area contributed by atoms with Crippen LogP contribution in [0.25, 0.3) is 97.7 Å². The molecule has 0 spiro atoms. The summed E-state index contributed by atoms with van der Waals surface area (Å²) < 4.78 is 0. The SMILES string of the molecule is c1ccc2cc(-c3ccc4ccc5c6cc(-c7ccc8c9ccccc9c9ccccc9c8c7)ccc6ccc5c4c3)ccc2c1. The predicted octanol–water partition coefficient (Wildman–Crippen LogP) is 13.1. The van der Waals surface area contributed by atoms with Gasteiger partial charge in [0.2, 0.25) is 0 Å². The van der Waals surface area contributed by atoms with Crippen LogP contribution in [0.4, 0.5) is 0 Å². The first kappa shape index (κ1) is 25.4. The fraction of sp³-hybridized carbons (Fsp3) is 0. The van der Waals surface area contributed by atoms with Gasteiger partial charge in [0, 0.05) is 0 Å². The summed E-state index contributed by atoms with van der Waals surface area (Å²) in [6.07, 6.45) is 0. The monoisotopic (exact) mass is 580 g/mol. The second-order valence-electron chi connectivity index (χ2n) is 12.5. The van der Waals surface area contributed by atoms with Gasteiger partial charge in [-0.2, -0.15) is 0 Å². The van der Waals surface area contributed by atoms with Gasteiger partial charge in [0.15, 0.2) is 0 Å². The summed E-state index contributed by atoms with van der Waals surface area (Å²) in [5.74, 6) is 0. The molecule has 10 aromatic carbocycles. The Morgan fingerprint density at radius 3 is 1.07 bits per heavy atom. The number of hydrogen-bond donors (Lipinski definition) is 0. The molecule has 0 saturated heterocycles. The predicted molar refractivity (Wildman–Crippen MR) is 200 cm³/mol. The molecule has 0 aliphatic rings. The van der Waals surface area contributed by atoms with Crippen LogP contribution in [0.15, 0.2) is 170 Å². The molecule has 0 fully saturated rings. The standard InChI is InChI=1S/C46H28/c1-2-8-32-25-33(16-13-29(32)7-1)34-17-14-30-19-23-42-41(44(30)26-34)22-20-31-15-18-35(27-45(31)42)36-21-24-43-39-11-4-3-9-37(39)38-10-5-6-12-40(38)46(43)28-36/h1-28H. The van der Waals surface area contributed by atoms with E-state index in [4.69, 9.17) is 0 Å². The van der Waals surface area contributed by atoms with E-state index in [0.29, 0.717) is 0 Å². The smallest absolute Gasteiger partial charge is 0.00928 e. The molecule has 0 N–H and O–H groups in total. The van der Waals surface area contributed by atoms with Crippen molar-refractivity contribution in [1.29, 1.82) is 0 Å². The third-order valence-electron chi connectivity index (χ3n) is 10.00. The third kappa shape index (κ3) is 3.81. The highest BCUT2D eigenvalue weighted by molar-refractivity contribution is 6.26. The molecule has 0 saturated carbocycles. The van der Waals surface area contributed by atoms with Gasteiger partial charge in [0.25, 0.3) is 0 Å². The van der Waals surface area contributed by atoms with Crippen molar-refractivity contribution in [2.45, 2.75) is 0 Å². The normalized spacial score (nSPS) is 11.9. The van der Waals surface area contributed by atoms with Crippen LogP contribution in [0.3, 0.4) is 0 Å². The molecular weight excluding hydrogens is 553 g/mol. The van der Waals surface area contributed by atoms with E-state index < -0.39 is 0 Å². The maximum atomic E-state index is 2.39. The summed E-state index contributed by atoms with van der Waals surface area (Å²) in [6.45, 7) is 0. The second kappa shape index (κ2) is 9.76. The maximum absolute atomic E-state index is 2.39. The molecule has 10 rings (SSSR count). The molecule has 0 heteroatoms. The summed E-state index contributed by atoms with van der Waals surface area (Å²) in [4.78, 5) is 0. The van der Waals surface area contributed by atoms with Crippen LogP contribution in [-0.2, 0) is 0 Å². The third-order valence-corrected chi connectivity index (χ3v) is 10.00. The average Bonchev–Trinajstić information content (AvgIpc) is 3.14. The lowest BCUT2D eigenvalue weighted by molar-refractivity contribution is 1.68. The molecule has 10 aromatic rings. The first-order valence-electron chi connectivity index (χ1n) is 16.0. The van der Waals surface area contributed by atoms with E-state index >= 15 is 0 Å². The van der Waals surface area contributed by atoms with Gasteiger partial charge in [0.05, 0.1) is 0 Å². The van der Waals surface area contributed by atoms with Crippen LogP contribution < -0.4 is 0 Å². The van der Waals surface area contributed by atoms with Crippen LogP contribution in [0.1, 0.15) is 0 Å². The molecule has 0 heterocycles. The number of hydrogen-bond acceptors (Lipinski definition) is 0. The fourth-order valence-electron chi connectivity index (χ4n) is 7.68. The maximum Gasteiger partial charge on any atom is -0.00928 e. The summed E-state index contributed by atoms with van der Waals surface area (Å²) >= 11 is 0. The van der Waals surface area contributed by atoms with E-state index in [1.807, 2.05) is 0 Å². The zero-order valence-electron chi connectivity index (χ0n) is 25.2. The minimum Gasteiger partial charge on any atom is -0.0616 e. The van der Waals surface area contributed by atoms with Crippen LogP contribution >= 0.6 is 0 Å². The lowest BCUT2D eigenvalue weighted by Crippen LogP contribution is -1.86. The van der Waals surface area contributed by atoms with E-state index in [9.17, 15) is 0 Å². The van der Waals surface area contributed by atoms with Crippen molar-refractivity contribution in [3.05, 3.63) is 170 Å². The van der Waals surface area contributed by atoms with Crippen molar-refractivity contribution in [3.8, 4) is 22.3 Å². The first-order chi connectivity index (χ1) is 22.8. The molecule has 0 unspecified atom stereocenters. The second-order valence-corrected chi connectivity index (χ2v) is 12.5. The molecule has 0 radical (unpaired) electrons. The Labute approximate surface area is 266 Å². The highest BCUT2D eigenvalue weighted by Crippen LogP contribution is 2.39. The van der Waals surface area contributed by atoms with Crippen molar-refractivity contribution in [2.75, 3.05) is 0 Å². The van der Waals surface area contributed by atoms with Gasteiger partial charge in [-0.05, 0) is 122 Å². The molecule has 46 heavy (non-hydrogen) atoms. The lowest BCUT2D eigenvalue weighted by atomic mass is 9.90. The van der Waals surface area contributed by atoms with Crippen LogP contribution in [0.2, 0.25) is 0 Å². The first-order valence-corrected chi connectivity index (χ1v) is 16.0.